The van der Waals surface area contributed by atoms with Crippen LogP contribution in [0, 0.1) is 0 Å². The lowest BCUT2D eigenvalue weighted by Gasteiger charge is -2.38. The van der Waals surface area contributed by atoms with Gasteiger partial charge in [0.15, 0.2) is 6.29 Å². The molecule has 43 heavy (non-hydrogen) atoms. The molecule has 1 heterocycles. The summed E-state index contributed by atoms with van der Waals surface area (Å²) in [4.78, 5) is 38.1. The van der Waals surface area contributed by atoms with E-state index in [9.17, 15) is 32.7 Å². The lowest BCUT2D eigenvalue weighted by molar-refractivity contribution is -0.137. The zero-order valence-corrected chi connectivity index (χ0v) is 23.6. The van der Waals surface area contributed by atoms with Gasteiger partial charge in [0.1, 0.15) is 0 Å². The van der Waals surface area contributed by atoms with Gasteiger partial charge < -0.3 is 20.6 Å². The molecule has 3 aromatic carbocycles. The van der Waals surface area contributed by atoms with Gasteiger partial charge in [-0.05, 0) is 67.0 Å². The Morgan fingerprint density at radius 2 is 1.67 bits per heavy atom. The van der Waals surface area contributed by atoms with Gasteiger partial charge >= 0.3 is 6.18 Å². The first-order valence-corrected chi connectivity index (χ1v) is 14.4. The van der Waals surface area contributed by atoms with E-state index >= 15 is 0 Å². The Morgan fingerprint density at radius 3 is 2.37 bits per heavy atom. The molecule has 10 heteroatoms. The second-order valence-electron chi connectivity index (χ2n) is 11.3. The number of halogens is 3. The number of nitrogens with one attached hydrogen (secondary N) is 2. The summed E-state index contributed by atoms with van der Waals surface area (Å²) in [6.07, 6.45) is -0.256. The third-order valence-corrected chi connectivity index (χ3v) is 8.50. The van der Waals surface area contributed by atoms with E-state index in [4.69, 9.17) is 0 Å². The third-order valence-electron chi connectivity index (χ3n) is 8.50. The predicted octanol–water partition coefficient (Wildman–Crippen LogP) is 4.94. The second-order valence-corrected chi connectivity index (χ2v) is 11.3. The van der Waals surface area contributed by atoms with Crippen molar-refractivity contribution < 1.29 is 32.7 Å². The van der Waals surface area contributed by atoms with E-state index in [1.54, 1.807) is 11.0 Å². The fraction of sp³-hybridized carbons (Fsp3) is 0.364. The summed E-state index contributed by atoms with van der Waals surface area (Å²) in [6.45, 7) is 0.701. The maximum atomic E-state index is 12.9. The lowest BCUT2D eigenvalue weighted by atomic mass is 9.77. The number of nitrogens with zero attached hydrogens (tertiary/aromatic N) is 1. The number of aldehydes is 1. The Labute approximate surface area is 248 Å². The standard InChI is InChI=1S/C33H34F3N3O4/c34-33(35,36)26-6-3-5-23(18-26)31(42)37-19-30(41)39-17-14-28(20-39)38-27-12-15-32(43,16-13-27)25-10-8-22(9-11-25)29-7-2-1-4-24(29)21-40/h1-11,18,21,27-28,38,43H,12-17,19-20H2,(H,37,42). The van der Waals surface area contributed by atoms with Gasteiger partial charge in [-0.15, -0.1) is 0 Å². The van der Waals surface area contributed by atoms with E-state index < -0.39 is 23.2 Å². The molecule has 1 saturated heterocycles. The molecule has 1 unspecified atom stereocenters. The molecule has 2 aliphatic rings. The average Bonchev–Trinajstić information content (AvgIpc) is 3.49. The largest absolute Gasteiger partial charge is 0.416 e. The highest BCUT2D eigenvalue weighted by molar-refractivity contribution is 5.96. The number of aliphatic hydroxyl groups is 1. The summed E-state index contributed by atoms with van der Waals surface area (Å²) in [6, 6.07) is 19.5. The molecule has 2 fully saturated rings. The summed E-state index contributed by atoms with van der Waals surface area (Å²) >= 11 is 0. The number of carbonyl (C=O) groups excluding carboxylic acids is 3. The number of carbonyl (C=O) groups is 3. The normalized spacial score (nSPS) is 22.3. The molecular weight excluding hydrogens is 559 g/mol. The number of alkyl halides is 3. The summed E-state index contributed by atoms with van der Waals surface area (Å²) in [5, 5.41) is 17.5. The van der Waals surface area contributed by atoms with Crippen molar-refractivity contribution >= 4 is 18.1 Å². The number of benzene rings is 3. The Bertz CT molecular complexity index is 1470. The van der Waals surface area contributed by atoms with Crippen molar-refractivity contribution in [2.75, 3.05) is 19.6 Å². The Kier molecular flexibility index (Phi) is 8.98. The molecule has 0 radical (unpaired) electrons. The Balaban J connectivity index is 1.08. The lowest BCUT2D eigenvalue weighted by Crippen LogP contribution is -2.46. The molecule has 0 aromatic heterocycles. The van der Waals surface area contributed by atoms with Crippen molar-refractivity contribution in [1.82, 2.24) is 15.5 Å². The Morgan fingerprint density at radius 1 is 0.953 bits per heavy atom. The van der Waals surface area contributed by atoms with Crippen LogP contribution < -0.4 is 10.6 Å². The molecule has 3 N–H and O–H groups in total. The summed E-state index contributed by atoms with van der Waals surface area (Å²) in [7, 11) is 0. The van der Waals surface area contributed by atoms with Crippen LogP contribution in [0.2, 0.25) is 0 Å². The van der Waals surface area contributed by atoms with Crippen molar-refractivity contribution in [1.29, 1.82) is 0 Å². The topological polar surface area (TPSA) is 98.7 Å². The number of rotatable bonds is 8. The molecule has 5 rings (SSSR count). The van der Waals surface area contributed by atoms with E-state index in [1.165, 1.54) is 6.07 Å². The highest BCUT2D eigenvalue weighted by Crippen LogP contribution is 2.38. The van der Waals surface area contributed by atoms with Crippen LogP contribution in [0.15, 0.2) is 72.8 Å². The number of likely N-dealkylation sites (tertiary alicyclic amines) is 1. The first-order chi connectivity index (χ1) is 20.6. The van der Waals surface area contributed by atoms with Gasteiger partial charge in [-0.25, -0.2) is 0 Å². The highest BCUT2D eigenvalue weighted by Gasteiger charge is 2.36. The number of hydrogen-bond acceptors (Lipinski definition) is 5. The van der Waals surface area contributed by atoms with Gasteiger partial charge in [0.05, 0.1) is 17.7 Å². The molecule has 0 bridgehead atoms. The molecule has 7 nitrogen and oxygen atoms in total. The van der Waals surface area contributed by atoms with Crippen molar-refractivity contribution in [3.05, 3.63) is 95.1 Å². The number of amides is 2. The van der Waals surface area contributed by atoms with Crippen LogP contribution in [0.3, 0.4) is 0 Å². The minimum Gasteiger partial charge on any atom is -0.385 e. The van der Waals surface area contributed by atoms with Crippen molar-refractivity contribution in [2.24, 2.45) is 0 Å². The Hall–Kier alpha value is -4.02. The van der Waals surface area contributed by atoms with Crippen LogP contribution in [0.25, 0.3) is 11.1 Å². The second kappa shape index (κ2) is 12.7. The first kappa shape index (κ1) is 30.4. The fourth-order valence-corrected chi connectivity index (χ4v) is 6.04. The first-order valence-electron chi connectivity index (χ1n) is 14.4. The maximum Gasteiger partial charge on any atom is 0.416 e. The smallest absolute Gasteiger partial charge is 0.385 e. The zero-order valence-electron chi connectivity index (χ0n) is 23.6. The molecule has 3 aromatic rings. The van der Waals surface area contributed by atoms with Gasteiger partial charge in [-0.2, -0.15) is 13.2 Å². The van der Waals surface area contributed by atoms with Crippen LogP contribution >= 0.6 is 0 Å². The van der Waals surface area contributed by atoms with Crippen LogP contribution in [0.4, 0.5) is 13.2 Å². The fourth-order valence-electron chi connectivity index (χ4n) is 6.04. The average molecular weight is 594 g/mol. The van der Waals surface area contributed by atoms with Gasteiger partial charge in [-0.1, -0.05) is 54.6 Å². The molecule has 2 amide bonds. The van der Waals surface area contributed by atoms with E-state index in [2.05, 4.69) is 10.6 Å². The van der Waals surface area contributed by atoms with Gasteiger partial charge in [0.25, 0.3) is 5.91 Å². The molecule has 0 spiro atoms. The summed E-state index contributed by atoms with van der Waals surface area (Å²) < 4.78 is 38.8. The van der Waals surface area contributed by atoms with Crippen molar-refractivity contribution in [3.63, 3.8) is 0 Å². The molecule has 1 atom stereocenters. The van der Waals surface area contributed by atoms with Crippen LogP contribution in [-0.2, 0) is 16.6 Å². The maximum absolute atomic E-state index is 12.9. The summed E-state index contributed by atoms with van der Waals surface area (Å²) in [5.74, 6) is -1.02. The number of hydrogen-bond donors (Lipinski definition) is 3. The zero-order chi connectivity index (χ0) is 30.6. The van der Waals surface area contributed by atoms with Gasteiger partial charge in [0, 0.05) is 36.3 Å². The van der Waals surface area contributed by atoms with E-state index in [-0.39, 0.29) is 30.1 Å². The highest BCUT2D eigenvalue weighted by atomic mass is 19.4. The van der Waals surface area contributed by atoms with Crippen LogP contribution in [-0.4, -0.2) is 59.8 Å². The molecular formula is C33H34F3N3O4. The molecule has 1 aliphatic heterocycles. The predicted molar refractivity (Wildman–Crippen MR) is 155 cm³/mol. The molecule has 226 valence electrons. The summed E-state index contributed by atoms with van der Waals surface area (Å²) in [5.41, 5.74) is 1.23. The minimum absolute atomic E-state index is 0.0801. The van der Waals surface area contributed by atoms with Crippen molar-refractivity contribution in [3.8, 4) is 11.1 Å². The monoisotopic (exact) mass is 593 g/mol. The third kappa shape index (κ3) is 7.14. The molecule has 1 aliphatic carbocycles. The van der Waals surface area contributed by atoms with Crippen LogP contribution in [0.1, 0.15) is 63.9 Å². The van der Waals surface area contributed by atoms with Gasteiger partial charge in [0.2, 0.25) is 5.91 Å². The van der Waals surface area contributed by atoms with Crippen LogP contribution in [0.5, 0.6) is 0 Å². The van der Waals surface area contributed by atoms with Crippen molar-refractivity contribution in [2.45, 2.75) is 56.0 Å². The quantitative estimate of drug-likeness (QED) is 0.322. The van der Waals surface area contributed by atoms with E-state index in [1.807, 2.05) is 42.5 Å². The SMILES string of the molecule is O=Cc1ccccc1-c1ccc(C2(O)CCC(NC3CCN(C(=O)CNC(=O)c4cccc(C(F)(F)F)c4)C3)CC2)cc1. The minimum atomic E-state index is -4.56. The van der Waals surface area contributed by atoms with E-state index in [0.29, 0.717) is 31.5 Å². The van der Waals surface area contributed by atoms with Gasteiger partial charge in [-0.3, -0.25) is 14.4 Å². The molecule has 1 saturated carbocycles. The van der Waals surface area contributed by atoms with E-state index in [0.717, 1.165) is 60.4 Å².